The normalized spacial score (nSPS) is 11.4. The molecule has 0 bridgehead atoms. The van der Waals surface area contributed by atoms with Gasteiger partial charge in [-0.1, -0.05) is 42.5 Å². The van der Waals surface area contributed by atoms with Crippen molar-refractivity contribution in [3.8, 4) is 5.75 Å². The highest BCUT2D eigenvalue weighted by atomic mass is 32.2. The van der Waals surface area contributed by atoms with Gasteiger partial charge in [-0.25, -0.2) is 8.42 Å². The molecule has 0 fully saturated rings. The number of benzene rings is 2. The number of carbonyl (C=O) groups excluding carboxylic acids is 1. The zero-order valence-corrected chi connectivity index (χ0v) is 17.1. The molecule has 1 heterocycles. The number of hydrogen-bond acceptors (Lipinski definition) is 5. The van der Waals surface area contributed by atoms with Crippen molar-refractivity contribution in [3.05, 3.63) is 76.5 Å². The van der Waals surface area contributed by atoms with E-state index in [4.69, 9.17) is 4.74 Å². The van der Waals surface area contributed by atoms with E-state index < -0.39 is 10.0 Å². The molecule has 28 heavy (non-hydrogen) atoms. The number of nitrogens with one attached hydrogen (secondary N) is 1. The molecule has 0 radical (unpaired) electrons. The molecule has 0 aliphatic carbocycles. The minimum atomic E-state index is -3.70. The Labute approximate surface area is 168 Å². The maximum atomic E-state index is 12.8. The number of nitrogens with zero attached hydrogens (tertiary/aromatic N) is 1. The van der Waals surface area contributed by atoms with E-state index >= 15 is 0 Å². The van der Waals surface area contributed by atoms with Gasteiger partial charge in [-0.3, -0.25) is 4.79 Å². The van der Waals surface area contributed by atoms with Crippen LogP contribution in [0.4, 0.5) is 5.69 Å². The molecule has 1 amide bonds. The molecule has 6 nitrogen and oxygen atoms in total. The number of thiophene rings is 1. The van der Waals surface area contributed by atoms with Gasteiger partial charge < -0.3 is 10.1 Å². The molecule has 0 aliphatic rings. The maximum Gasteiger partial charge on any atom is 0.265 e. The zero-order chi connectivity index (χ0) is 20.1. The first kappa shape index (κ1) is 20.1. The highest BCUT2D eigenvalue weighted by molar-refractivity contribution is 7.89. The zero-order valence-electron chi connectivity index (χ0n) is 15.5. The van der Waals surface area contributed by atoms with E-state index in [1.54, 1.807) is 24.3 Å². The molecule has 0 aliphatic heterocycles. The number of hydrogen-bond donors (Lipinski definition) is 1. The molecule has 146 valence electrons. The lowest BCUT2D eigenvalue weighted by Crippen LogP contribution is -2.26. The lowest BCUT2D eigenvalue weighted by molar-refractivity contribution is 0.103. The van der Waals surface area contributed by atoms with Crippen molar-refractivity contribution in [2.45, 2.75) is 11.4 Å². The molecule has 3 rings (SSSR count). The van der Waals surface area contributed by atoms with Crippen molar-refractivity contribution in [1.29, 1.82) is 0 Å². The number of methoxy groups -OCH3 is 1. The number of carbonyl (C=O) groups is 1. The highest BCUT2D eigenvalue weighted by Crippen LogP contribution is 2.27. The Morgan fingerprint density at radius 1 is 1.11 bits per heavy atom. The standard InChI is InChI=1S/C20H20N2O4S2/c1-22(13-15-8-4-3-5-9-15)28(24,25)16-12-19(27-14-16)20(23)21-17-10-6-7-11-18(17)26-2/h3-12,14H,13H2,1-2H3,(H,21,23). The molecule has 2 aromatic carbocycles. The van der Waals surface area contributed by atoms with Gasteiger partial charge in [-0.2, -0.15) is 4.31 Å². The molecule has 3 aromatic rings. The summed E-state index contributed by atoms with van der Waals surface area (Å²) in [5.74, 6) is 0.143. The molecular weight excluding hydrogens is 396 g/mol. The van der Waals surface area contributed by atoms with E-state index in [-0.39, 0.29) is 17.3 Å². The maximum absolute atomic E-state index is 12.8. The molecule has 8 heteroatoms. The summed E-state index contributed by atoms with van der Waals surface area (Å²) in [6, 6.07) is 17.8. The van der Waals surface area contributed by atoms with E-state index in [9.17, 15) is 13.2 Å². The predicted molar refractivity (Wildman–Crippen MR) is 110 cm³/mol. The minimum absolute atomic E-state index is 0.0982. The summed E-state index contributed by atoms with van der Waals surface area (Å²) in [5, 5.41) is 4.23. The van der Waals surface area contributed by atoms with Crippen molar-refractivity contribution in [1.82, 2.24) is 4.31 Å². The Hall–Kier alpha value is -2.68. The van der Waals surface area contributed by atoms with Crippen LogP contribution in [0.15, 0.2) is 70.9 Å². The number of amides is 1. The third kappa shape index (κ3) is 4.41. The van der Waals surface area contributed by atoms with E-state index in [2.05, 4.69) is 5.32 Å². The number of ether oxygens (including phenoxy) is 1. The Morgan fingerprint density at radius 2 is 1.79 bits per heavy atom. The van der Waals surface area contributed by atoms with Gasteiger partial charge in [0.25, 0.3) is 5.91 Å². The monoisotopic (exact) mass is 416 g/mol. The third-order valence-electron chi connectivity index (χ3n) is 4.11. The lowest BCUT2D eigenvalue weighted by Gasteiger charge is -2.16. The molecule has 0 spiro atoms. The summed E-state index contributed by atoms with van der Waals surface area (Å²) in [7, 11) is -0.657. The van der Waals surface area contributed by atoms with Crippen LogP contribution in [0.1, 0.15) is 15.2 Å². The van der Waals surface area contributed by atoms with Gasteiger partial charge in [-0.15, -0.1) is 11.3 Å². The van der Waals surface area contributed by atoms with Crippen molar-refractivity contribution < 1.29 is 17.9 Å². The number of sulfonamides is 1. The summed E-state index contributed by atoms with van der Waals surface area (Å²) in [5.41, 5.74) is 1.41. The molecule has 1 aromatic heterocycles. The van der Waals surface area contributed by atoms with Crippen molar-refractivity contribution in [2.24, 2.45) is 0 Å². The van der Waals surface area contributed by atoms with Crippen LogP contribution in [0.25, 0.3) is 0 Å². The molecule has 1 N–H and O–H groups in total. The topological polar surface area (TPSA) is 75.7 Å². The van der Waals surface area contributed by atoms with Crippen molar-refractivity contribution in [2.75, 3.05) is 19.5 Å². The summed E-state index contributed by atoms with van der Waals surface area (Å²) in [6.07, 6.45) is 0. The van der Waals surface area contributed by atoms with Crippen molar-refractivity contribution in [3.63, 3.8) is 0 Å². The highest BCUT2D eigenvalue weighted by Gasteiger charge is 2.24. The molecular formula is C20H20N2O4S2. The van der Waals surface area contributed by atoms with Crippen molar-refractivity contribution >= 4 is 33.0 Å². The van der Waals surface area contributed by atoms with Crippen LogP contribution >= 0.6 is 11.3 Å². The van der Waals surface area contributed by atoms with E-state index in [0.717, 1.165) is 16.9 Å². The van der Waals surface area contributed by atoms with Gasteiger partial charge in [-0.05, 0) is 23.8 Å². The van der Waals surface area contributed by atoms with E-state index in [0.29, 0.717) is 16.3 Å². The second-order valence-electron chi connectivity index (χ2n) is 6.05. The van der Waals surface area contributed by atoms with Gasteiger partial charge in [0.2, 0.25) is 10.0 Å². The summed E-state index contributed by atoms with van der Waals surface area (Å²) in [6.45, 7) is 0.252. The predicted octanol–water partition coefficient (Wildman–Crippen LogP) is 3.83. The van der Waals surface area contributed by atoms with Crippen LogP contribution in [0.2, 0.25) is 0 Å². The van der Waals surface area contributed by atoms with Crippen LogP contribution in [0.3, 0.4) is 0 Å². The Kier molecular flexibility index (Phi) is 6.13. The lowest BCUT2D eigenvalue weighted by atomic mass is 10.2. The van der Waals surface area contributed by atoms with Crippen LogP contribution in [-0.2, 0) is 16.6 Å². The largest absolute Gasteiger partial charge is 0.495 e. The van der Waals surface area contributed by atoms with Crippen LogP contribution < -0.4 is 10.1 Å². The average Bonchev–Trinajstić information content (AvgIpc) is 3.20. The fourth-order valence-electron chi connectivity index (χ4n) is 2.61. The van der Waals surface area contributed by atoms with Gasteiger partial charge in [0.1, 0.15) is 5.75 Å². The van der Waals surface area contributed by atoms with Crippen LogP contribution in [0.5, 0.6) is 5.75 Å². The Balaban J connectivity index is 1.76. The van der Waals surface area contributed by atoms with Crippen LogP contribution in [0, 0.1) is 0 Å². The third-order valence-corrected chi connectivity index (χ3v) is 6.97. The molecule has 0 saturated carbocycles. The first-order chi connectivity index (χ1) is 13.4. The summed E-state index contributed by atoms with van der Waals surface area (Å²) in [4.78, 5) is 12.9. The van der Waals surface area contributed by atoms with Gasteiger partial charge in [0.15, 0.2) is 0 Å². The Bertz CT molecular complexity index is 1060. The first-order valence-corrected chi connectivity index (χ1v) is 10.8. The Morgan fingerprint density at radius 3 is 2.50 bits per heavy atom. The smallest absolute Gasteiger partial charge is 0.265 e. The molecule has 0 unspecified atom stereocenters. The fraction of sp³-hybridized carbons (Fsp3) is 0.150. The molecule has 0 saturated heterocycles. The fourth-order valence-corrected chi connectivity index (χ4v) is 4.93. The minimum Gasteiger partial charge on any atom is -0.495 e. The quantitative estimate of drug-likeness (QED) is 0.635. The van der Waals surface area contributed by atoms with Crippen LogP contribution in [-0.4, -0.2) is 32.8 Å². The van der Waals surface area contributed by atoms with E-state index in [1.165, 1.54) is 29.9 Å². The number of para-hydroxylation sites is 2. The molecule has 0 atom stereocenters. The second kappa shape index (κ2) is 8.55. The second-order valence-corrected chi connectivity index (χ2v) is 9.00. The first-order valence-electron chi connectivity index (χ1n) is 8.45. The van der Waals surface area contributed by atoms with Gasteiger partial charge in [0, 0.05) is 19.0 Å². The van der Waals surface area contributed by atoms with Gasteiger partial charge >= 0.3 is 0 Å². The number of anilines is 1. The number of rotatable bonds is 7. The average molecular weight is 417 g/mol. The van der Waals surface area contributed by atoms with Gasteiger partial charge in [0.05, 0.1) is 22.6 Å². The SMILES string of the molecule is COc1ccccc1NC(=O)c1cc(S(=O)(=O)N(C)Cc2ccccc2)cs1. The van der Waals surface area contributed by atoms with E-state index in [1.807, 2.05) is 30.3 Å². The summed E-state index contributed by atoms with van der Waals surface area (Å²) < 4.78 is 32.1. The summed E-state index contributed by atoms with van der Waals surface area (Å²) >= 11 is 1.08.